The first-order valence-corrected chi connectivity index (χ1v) is 7.98. The third-order valence-electron chi connectivity index (χ3n) is 4.13. The molecule has 0 saturated carbocycles. The predicted molar refractivity (Wildman–Crippen MR) is 88.7 cm³/mol. The summed E-state index contributed by atoms with van der Waals surface area (Å²) in [5.41, 5.74) is 1.05. The Morgan fingerprint density at radius 3 is 2.83 bits per heavy atom. The largest absolute Gasteiger partial charge is 0.492 e. The number of nitrogens with zero attached hydrogens (tertiary/aromatic N) is 1. The zero-order valence-electron chi connectivity index (χ0n) is 13.6. The standard InChI is InChI=1S/C19H20FNO3/c1-21(10-11-23-18-9-5-3-7-16(18)20)19(22)15-12-14-6-2-4-8-17(14)24-13-15/h2-9,15H,10-13H2,1H3. The van der Waals surface area contributed by atoms with Crippen molar-refractivity contribution in [3.63, 3.8) is 0 Å². The average molecular weight is 329 g/mol. The Labute approximate surface area is 140 Å². The van der Waals surface area contributed by atoms with E-state index in [9.17, 15) is 9.18 Å². The van der Waals surface area contributed by atoms with Crippen LogP contribution in [-0.4, -0.2) is 37.6 Å². The van der Waals surface area contributed by atoms with Crippen LogP contribution in [0, 0.1) is 11.7 Å². The molecule has 0 aromatic heterocycles. The number of fused-ring (bicyclic) bond motifs is 1. The molecule has 3 rings (SSSR count). The molecule has 0 fully saturated rings. The highest BCUT2D eigenvalue weighted by Crippen LogP contribution is 2.27. The number of halogens is 1. The van der Waals surface area contributed by atoms with E-state index in [0.717, 1.165) is 11.3 Å². The monoisotopic (exact) mass is 329 g/mol. The number of likely N-dealkylation sites (N-methyl/N-ethyl adjacent to an activating group) is 1. The molecule has 5 heteroatoms. The molecule has 1 unspecified atom stereocenters. The minimum absolute atomic E-state index is 0.0154. The van der Waals surface area contributed by atoms with Crippen molar-refractivity contribution in [2.75, 3.05) is 26.8 Å². The van der Waals surface area contributed by atoms with Gasteiger partial charge in [-0.2, -0.15) is 0 Å². The molecule has 4 nitrogen and oxygen atoms in total. The number of amides is 1. The van der Waals surface area contributed by atoms with Crippen molar-refractivity contribution in [1.82, 2.24) is 4.90 Å². The minimum Gasteiger partial charge on any atom is -0.492 e. The number of para-hydroxylation sites is 2. The number of rotatable bonds is 5. The van der Waals surface area contributed by atoms with E-state index in [1.807, 2.05) is 24.3 Å². The van der Waals surface area contributed by atoms with Crippen LogP contribution in [-0.2, 0) is 11.2 Å². The first-order chi connectivity index (χ1) is 11.6. The maximum absolute atomic E-state index is 13.5. The van der Waals surface area contributed by atoms with E-state index in [2.05, 4.69) is 0 Å². The summed E-state index contributed by atoms with van der Waals surface area (Å²) in [6.45, 7) is 1.02. The zero-order chi connectivity index (χ0) is 16.9. The van der Waals surface area contributed by atoms with Crippen LogP contribution >= 0.6 is 0 Å². The highest BCUT2D eigenvalue weighted by Gasteiger charge is 2.27. The zero-order valence-corrected chi connectivity index (χ0v) is 13.6. The highest BCUT2D eigenvalue weighted by molar-refractivity contribution is 5.79. The van der Waals surface area contributed by atoms with Crippen molar-refractivity contribution >= 4 is 5.91 Å². The summed E-state index contributed by atoms with van der Waals surface area (Å²) in [5.74, 6) is 0.476. The Kier molecular flexibility index (Phi) is 4.99. The highest BCUT2D eigenvalue weighted by atomic mass is 19.1. The molecule has 1 heterocycles. The van der Waals surface area contributed by atoms with Crippen molar-refractivity contribution in [1.29, 1.82) is 0 Å². The second-order valence-electron chi connectivity index (χ2n) is 5.86. The molecule has 0 spiro atoms. The van der Waals surface area contributed by atoms with Gasteiger partial charge in [0, 0.05) is 7.05 Å². The van der Waals surface area contributed by atoms with Crippen LogP contribution in [0.25, 0.3) is 0 Å². The summed E-state index contributed by atoms with van der Waals surface area (Å²) in [7, 11) is 1.73. The van der Waals surface area contributed by atoms with E-state index in [4.69, 9.17) is 9.47 Å². The number of ether oxygens (including phenoxy) is 2. The van der Waals surface area contributed by atoms with Crippen LogP contribution in [0.4, 0.5) is 4.39 Å². The lowest BCUT2D eigenvalue weighted by Crippen LogP contribution is -2.40. The molecular weight excluding hydrogens is 309 g/mol. The molecule has 0 saturated heterocycles. The van der Waals surface area contributed by atoms with Crippen molar-refractivity contribution in [3.05, 3.63) is 59.9 Å². The van der Waals surface area contributed by atoms with Gasteiger partial charge >= 0.3 is 0 Å². The molecule has 0 bridgehead atoms. The van der Waals surface area contributed by atoms with Crippen molar-refractivity contribution in [2.45, 2.75) is 6.42 Å². The summed E-state index contributed by atoms with van der Waals surface area (Å²) >= 11 is 0. The smallest absolute Gasteiger partial charge is 0.229 e. The van der Waals surface area contributed by atoms with E-state index < -0.39 is 5.82 Å². The molecule has 2 aromatic carbocycles. The van der Waals surface area contributed by atoms with Gasteiger partial charge in [0.2, 0.25) is 5.91 Å². The molecule has 0 radical (unpaired) electrons. The molecule has 1 atom stereocenters. The molecular formula is C19H20FNO3. The minimum atomic E-state index is -0.399. The molecule has 0 aliphatic carbocycles. The van der Waals surface area contributed by atoms with Crippen LogP contribution in [0.5, 0.6) is 11.5 Å². The Hall–Kier alpha value is -2.56. The second-order valence-corrected chi connectivity index (χ2v) is 5.86. The van der Waals surface area contributed by atoms with Crippen LogP contribution in [0.3, 0.4) is 0 Å². The van der Waals surface area contributed by atoms with Crippen molar-refractivity contribution in [2.24, 2.45) is 5.92 Å². The van der Waals surface area contributed by atoms with Crippen LogP contribution in [0.15, 0.2) is 48.5 Å². The fourth-order valence-corrected chi connectivity index (χ4v) is 2.76. The van der Waals surface area contributed by atoms with Crippen LogP contribution < -0.4 is 9.47 Å². The fourth-order valence-electron chi connectivity index (χ4n) is 2.76. The lowest BCUT2D eigenvalue weighted by molar-refractivity contribution is -0.135. The van der Waals surface area contributed by atoms with Gasteiger partial charge in [-0.15, -0.1) is 0 Å². The first-order valence-electron chi connectivity index (χ1n) is 7.98. The van der Waals surface area contributed by atoms with Gasteiger partial charge in [-0.3, -0.25) is 4.79 Å². The molecule has 2 aromatic rings. The number of hydrogen-bond acceptors (Lipinski definition) is 3. The topological polar surface area (TPSA) is 38.8 Å². The van der Waals surface area contributed by atoms with Gasteiger partial charge in [0.05, 0.1) is 12.5 Å². The maximum Gasteiger partial charge on any atom is 0.229 e. The van der Waals surface area contributed by atoms with Gasteiger partial charge < -0.3 is 14.4 Å². The van der Waals surface area contributed by atoms with Gasteiger partial charge in [-0.25, -0.2) is 4.39 Å². The van der Waals surface area contributed by atoms with Gasteiger partial charge in [0.15, 0.2) is 11.6 Å². The second kappa shape index (κ2) is 7.34. The quantitative estimate of drug-likeness (QED) is 0.847. The van der Waals surface area contributed by atoms with E-state index in [1.54, 1.807) is 30.1 Å². The Morgan fingerprint density at radius 2 is 2.00 bits per heavy atom. The van der Waals surface area contributed by atoms with Crippen LogP contribution in [0.1, 0.15) is 5.56 Å². The molecule has 24 heavy (non-hydrogen) atoms. The summed E-state index contributed by atoms with van der Waals surface area (Å²) in [6.07, 6.45) is 0.674. The van der Waals surface area contributed by atoms with Gasteiger partial charge in [0.1, 0.15) is 19.0 Å². The predicted octanol–water partition coefficient (Wildman–Crippen LogP) is 2.91. The third-order valence-corrected chi connectivity index (χ3v) is 4.13. The van der Waals surface area contributed by atoms with E-state index in [0.29, 0.717) is 19.6 Å². The SMILES string of the molecule is CN(CCOc1ccccc1F)C(=O)C1COc2ccccc2C1. The fraction of sp³-hybridized carbons (Fsp3) is 0.316. The summed E-state index contributed by atoms with van der Waals surface area (Å²) < 4.78 is 24.6. The van der Waals surface area contributed by atoms with E-state index in [-0.39, 0.29) is 24.2 Å². The molecule has 1 amide bonds. The number of carbonyl (C=O) groups is 1. The molecule has 1 aliphatic rings. The number of benzene rings is 2. The van der Waals surface area contributed by atoms with Crippen molar-refractivity contribution < 1.29 is 18.7 Å². The molecule has 126 valence electrons. The maximum atomic E-state index is 13.5. The first kappa shape index (κ1) is 16.3. The summed E-state index contributed by atoms with van der Waals surface area (Å²) in [6, 6.07) is 14.0. The van der Waals surface area contributed by atoms with Gasteiger partial charge in [-0.1, -0.05) is 30.3 Å². The van der Waals surface area contributed by atoms with Gasteiger partial charge in [-0.05, 0) is 30.2 Å². The lowest BCUT2D eigenvalue weighted by atomic mass is 9.95. The Balaban J connectivity index is 1.51. The number of carbonyl (C=O) groups excluding carboxylic acids is 1. The Bertz CT molecular complexity index is 719. The van der Waals surface area contributed by atoms with Gasteiger partial charge in [0.25, 0.3) is 0 Å². The summed E-state index contributed by atoms with van der Waals surface area (Å²) in [4.78, 5) is 14.1. The molecule has 0 N–H and O–H groups in total. The van der Waals surface area contributed by atoms with E-state index >= 15 is 0 Å². The molecule has 1 aliphatic heterocycles. The third kappa shape index (κ3) is 3.67. The number of hydrogen-bond donors (Lipinski definition) is 0. The average Bonchev–Trinajstić information content (AvgIpc) is 2.62. The van der Waals surface area contributed by atoms with Crippen LogP contribution in [0.2, 0.25) is 0 Å². The summed E-state index contributed by atoms with van der Waals surface area (Å²) in [5, 5.41) is 0. The van der Waals surface area contributed by atoms with Crippen molar-refractivity contribution in [3.8, 4) is 11.5 Å². The lowest BCUT2D eigenvalue weighted by Gasteiger charge is -2.28. The Morgan fingerprint density at radius 1 is 1.25 bits per heavy atom. The van der Waals surface area contributed by atoms with E-state index in [1.165, 1.54) is 6.07 Å². The normalized spacial score (nSPS) is 16.0.